The summed E-state index contributed by atoms with van der Waals surface area (Å²) in [6, 6.07) is 2.15. The predicted molar refractivity (Wildman–Crippen MR) is 55.9 cm³/mol. The molecular formula is C9H6F3IO2. The first-order valence-electron chi connectivity index (χ1n) is 3.84. The third kappa shape index (κ3) is 2.61. The van der Waals surface area contributed by atoms with Gasteiger partial charge in [-0.15, -0.1) is 0 Å². The van der Waals surface area contributed by atoms with Crippen molar-refractivity contribution in [3.63, 3.8) is 0 Å². The number of halogens is 4. The zero-order chi connectivity index (χ0) is 11.8. The molecule has 0 saturated carbocycles. The highest BCUT2D eigenvalue weighted by Gasteiger charge is 2.34. The maximum Gasteiger partial charge on any atom is 0.416 e. The van der Waals surface area contributed by atoms with E-state index < -0.39 is 17.7 Å². The van der Waals surface area contributed by atoms with Crippen LogP contribution in [0.15, 0.2) is 12.1 Å². The van der Waals surface area contributed by atoms with Gasteiger partial charge in [0.15, 0.2) is 0 Å². The minimum absolute atomic E-state index is 0.253. The lowest BCUT2D eigenvalue weighted by Gasteiger charge is -2.12. The molecular weight excluding hydrogens is 324 g/mol. The van der Waals surface area contributed by atoms with Crippen LogP contribution in [0.2, 0.25) is 0 Å². The lowest BCUT2D eigenvalue weighted by Crippen LogP contribution is -2.12. The standard InChI is InChI=1S/C9H6F3IO2/c1-4-6(8(14)15)2-5(13)3-7(4)9(10,11)12/h2-3H,1H3,(H,14,15). The summed E-state index contributed by atoms with van der Waals surface area (Å²) in [7, 11) is 0. The molecule has 2 nitrogen and oxygen atoms in total. The van der Waals surface area contributed by atoms with Crippen LogP contribution in [0.1, 0.15) is 21.5 Å². The Morgan fingerprint density at radius 3 is 2.33 bits per heavy atom. The molecule has 82 valence electrons. The van der Waals surface area contributed by atoms with Crippen molar-refractivity contribution in [2.75, 3.05) is 0 Å². The van der Waals surface area contributed by atoms with Gasteiger partial charge in [0.05, 0.1) is 11.1 Å². The Balaban J connectivity index is 3.49. The molecule has 0 bridgehead atoms. The minimum atomic E-state index is -4.52. The zero-order valence-electron chi connectivity index (χ0n) is 7.52. The van der Waals surface area contributed by atoms with E-state index in [9.17, 15) is 18.0 Å². The second-order valence-electron chi connectivity index (χ2n) is 2.93. The molecule has 1 aromatic carbocycles. The van der Waals surface area contributed by atoms with Crippen LogP contribution in [0.4, 0.5) is 13.2 Å². The van der Waals surface area contributed by atoms with Gasteiger partial charge in [-0.2, -0.15) is 13.2 Å². The molecule has 0 fully saturated rings. The van der Waals surface area contributed by atoms with Gasteiger partial charge in [-0.3, -0.25) is 0 Å². The summed E-state index contributed by atoms with van der Waals surface area (Å²) in [5, 5.41) is 8.71. The average molecular weight is 330 g/mol. The Kier molecular flexibility index (Phi) is 3.27. The third-order valence-corrected chi connectivity index (χ3v) is 2.53. The highest BCUT2D eigenvalue weighted by molar-refractivity contribution is 14.1. The number of alkyl halides is 3. The van der Waals surface area contributed by atoms with E-state index in [-0.39, 0.29) is 14.7 Å². The molecule has 0 amide bonds. The predicted octanol–water partition coefficient (Wildman–Crippen LogP) is 3.32. The highest BCUT2D eigenvalue weighted by Crippen LogP contribution is 2.34. The van der Waals surface area contributed by atoms with Gasteiger partial charge in [-0.05, 0) is 47.2 Å². The molecule has 0 saturated heterocycles. The molecule has 0 aliphatic carbocycles. The van der Waals surface area contributed by atoms with Crippen molar-refractivity contribution < 1.29 is 23.1 Å². The number of carbonyl (C=O) groups is 1. The third-order valence-electron chi connectivity index (χ3n) is 1.91. The van der Waals surface area contributed by atoms with Crippen molar-refractivity contribution in [2.45, 2.75) is 13.1 Å². The van der Waals surface area contributed by atoms with Crippen LogP contribution in [-0.4, -0.2) is 11.1 Å². The minimum Gasteiger partial charge on any atom is -0.478 e. The van der Waals surface area contributed by atoms with Gasteiger partial charge in [0.1, 0.15) is 0 Å². The van der Waals surface area contributed by atoms with Crippen molar-refractivity contribution in [3.8, 4) is 0 Å². The van der Waals surface area contributed by atoms with E-state index in [1.807, 2.05) is 0 Å². The number of carboxylic acid groups (broad SMARTS) is 1. The summed E-state index contributed by atoms with van der Waals surface area (Å²) in [5.74, 6) is -1.35. The summed E-state index contributed by atoms with van der Waals surface area (Å²) >= 11 is 1.66. The van der Waals surface area contributed by atoms with Crippen LogP contribution in [0.5, 0.6) is 0 Å². The van der Waals surface area contributed by atoms with E-state index in [1.165, 1.54) is 6.07 Å². The summed E-state index contributed by atoms with van der Waals surface area (Å²) in [4.78, 5) is 10.7. The van der Waals surface area contributed by atoms with E-state index in [4.69, 9.17) is 5.11 Å². The van der Waals surface area contributed by atoms with E-state index in [0.717, 1.165) is 13.0 Å². The first-order valence-corrected chi connectivity index (χ1v) is 4.92. The molecule has 0 aliphatic rings. The smallest absolute Gasteiger partial charge is 0.416 e. The van der Waals surface area contributed by atoms with Gasteiger partial charge >= 0.3 is 12.1 Å². The zero-order valence-corrected chi connectivity index (χ0v) is 9.68. The fraction of sp³-hybridized carbons (Fsp3) is 0.222. The molecule has 0 spiro atoms. The quantitative estimate of drug-likeness (QED) is 0.802. The van der Waals surface area contributed by atoms with Crippen LogP contribution < -0.4 is 0 Å². The van der Waals surface area contributed by atoms with Gasteiger partial charge in [0, 0.05) is 3.57 Å². The topological polar surface area (TPSA) is 37.3 Å². The van der Waals surface area contributed by atoms with Crippen LogP contribution in [0.25, 0.3) is 0 Å². The summed E-state index contributed by atoms with van der Waals surface area (Å²) in [6.45, 7) is 1.16. The summed E-state index contributed by atoms with van der Waals surface area (Å²) < 4.78 is 37.7. The van der Waals surface area contributed by atoms with Gasteiger partial charge in [-0.25, -0.2) is 4.79 Å². The van der Waals surface area contributed by atoms with Gasteiger partial charge < -0.3 is 5.11 Å². The molecule has 1 aromatic rings. The Hall–Kier alpha value is -0.790. The highest BCUT2D eigenvalue weighted by atomic mass is 127. The van der Waals surface area contributed by atoms with Crippen LogP contribution in [0, 0.1) is 10.5 Å². The van der Waals surface area contributed by atoms with Gasteiger partial charge in [-0.1, -0.05) is 0 Å². The van der Waals surface area contributed by atoms with E-state index >= 15 is 0 Å². The van der Waals surface area contributed by atoms with E-state index in [2.05, 4.69) is 0 Å². The molecule has 1 rings (SSSR count). The lowest BCUT2D eigenvalue weighted by molar-refractivity contribution is -0.138. The molecule has 1 N–H and O–H groups in total. The monoisotopic (exact) mass is 330 g/mol. The Labute approximate surface area is 97.2 Å². The Morgan fingerprint density at radius 2 is 1.93 bits per heavy atom. The fourth-order valence-corrected chi connectivity index (χ4v) is 1.82. The molecule has 0 atom stereocenters. The van der Waals surface area contributed by atoms with Crippen LogP contribution in [-0.2, 0) is 6.18 Å². The number of rotatable bonds is 1. The molecule has 15 heavy (non-hydrogen) atoms. The van der Waals surface area contributed by atoms with E-state index in [0.29, 0.717) is 0 Å². The summed E-state index contributed by atoms with van der Waals surface area (Å²) in [5.41, 5.74) is -1.46. The normalized spacial score (nSPS) is 11.5. The molecule has 6 heteroatoms. The maximum absolute atomic E-state index is 12.5. The number of carboxylic acids is 1. The Morgan fingerprint density at radius 1 is 1.40 bits per heavy atom. The number of aromatic carboxylic acids is 1. The van der Waals surface area contributed by atoms with Crippen molar-refractivity contribution >= 4 is 28.6 Å². The molecule has 0 heterocycles. The molecule has 0 aromatic heterocycles. The first kappa shape index (κ1) is 12.3. The SMILES string of the molecule is Cc1c(C(=O)O)cc(I)cc1C(F)(F)F. The number of hydrogen-bond acceptors (Lipinski definition) is 1. The number of hydrogen-bond donors (Lipinski definition) is 1. The first-order chi connectivity index (χ1) is 6.73. The van der Waals surface area contributed by atoms with Crippen LogP contribution >= 0.6 is 22.6 Å². The average Bonchev–Trinajstić information content (AvgIpc) is 2.06. The van der Waals surface area contributed by atoms with Crippen molar-refractivity contribution in [1.82, 2.24) is 0 Å². The van der Waals surface area contributed by atoms with Crippen LogP contribution in [0.3, 0.4) is 0 Å². The molecule has 0 aliphatic heterocycles. The van der Waals surface area contributed by atoms with Crippen molar-refractivity contribution in [2.24, 2.45) is 0 Å². The maximum atomic E-state index is 12.5. The van der Waals surface area contributed by atoms with Gasteiger partial charge in [0.2, 0.25) is 0 Å². The molecule has 0 radical (unpaired) electrons. The lowest BCUT2D eigenvalue weighted by atomic mass is 10.0. The second-order valence-corrected chi connectivity index (χ2v) is 4.17. The Bertz CT molecular complexity index is 413. The van der Waals surface area contributed by atoms with E-state index in [1.54, 1.807) is 22.6 Å². The molecule has 0 unspecified atom stereocenters. The second kappa shape index (κ2) is 3.99. The largest absolute Gasteiger partial charge is 0.478 e. The van der Waals surface area contributed by atoms with Crippen molar-refractivity contribution in [1.29, 1.82) is 0 Å². The fourth-order valence-electron chi connectivity index (χ4n) is 1.20. The number of benzene rings is 1. The summed E-state index contributed by atoms with van der Waals surface area (Å²) in [6.07, 6.45) is -4.52. The van der Waals surface area contributed by atoms with Crippen molar-refractivity contribution in [3.05, 3.63) is 32.4 Å². The van der Waals surface area contributed by atoms with Gasteiger partial charge in [0.25, 0.3) is 0 Å².